The van der Waals surface area contributed by atoms with E-state index in [0.717, 1.165) is 25.7 Å². The molecule has 0 radical (unpaired) electrons. The maximum atomic E-state index is 10.8. The lowest BCUT2D eigenvalue weighted by molar-refractivity contribution is 0.0446. The Bertz CT molecular complexity index is 170. The van der Waals surface area contributed by atoms with Crippen molar-refractivity contribution in [2.75, 3.05) is 6.54 Å². The number of cyclic esters (lactones) is 1. The van der Waals surface area contributed by atoms with E-state index in [1.807, 2.05) is 0 Å². The van der Waals surface area contributed by atoms with Crippen LogP contribution < -0.4 is 5.32 Å². The van der Waals surface area contributed by atoms with Gasteiger partial charge in [-0.05, 0) is 19.3 Å². The van der Waals surface area contributed by atoms with Crippen molar-refractivity contribution in [2.45, 2.75) is 45.1 Å². The molecule has 1 N–H and O–H groups in total. The Labute approximate surface area is 73.5 Å². The predicted octanol–water partition coefficient (Wildman–Crippen LogP) is 2.07. The Morgan fingerprint density at radius 3 is 2.75 bits per heavy atom. The fourth-order valence-corrected chi connectivity index (χ4v) is 1.51. The largest absolute Gasteiger partial charge is 0.441 e. The maximum Gasteiger partial charge on any atom is 0.407 e. The number of unbranched alkanes of at least 4 members (excludes halogenated alkanes) is 1. The number of carbonyl (C=O) groups excluding carboxylic acids is 1. The monoisotopic (exact) mass is 171 g/mol. The molecule has 1 aliphatic heterocycles. The zero-order valence-corrected chi connectivity index (χ0v) is 7.85. The highest BCUT2D eigenvalue weighted by Crippen LogP contribution is 2.26. The van der Waals surface area contributed by atoms with Gasteiger partial charge in [0.2, 0.25) is 0 Å². The van der Waals surface area contributed by atoms with E-state index in [1.54, 1.807) is 0 Å². The van der Waals surface area contributed by atoms with Crippen LogP contribution in [0.3, 0.4) is 0 Å². The number of ether oxygens (including phenoxy) is 1. The Kier molecular flexibility index (Phi) is 2.95. The molecule has 0 bridgehead atoms. The van der Waals surface area contributed by atoms with Gasteiger partial charge in [-0.1, -0.05) is 20.3 Å². The van der Waals surface area contributed by atoms with Crippen LogP contribution in [0.5, 0.6) is 0 Å². The van der Waals surface area contributed by atoms with Gasteiger partial charge < -0.3 is 10.1 Å². The van der Waals surface area contributed by atoms with Gasteiger partial charge in [0.15, 0.2) is 0 Å². The van der Waals surface area contributed by atoms with E-state index >= 15 is 0 Å². The first-order valence-electron chi connectivity index (χ1n) is 4.69. The van der Waals surface area contributed by atoms with Crippen molar-refractivity contribution in [2.24, 2.45) is 0 Å². The van der Waals surface area contributed by atoms with E-state index in [-0.39, 0.29) is 11.7 Å². The van der Waals surface area contributed by atoms with Gasteiger partial charge in [-0.15, -0.1) is 0 Å². The molecule has 1 aliphatic rings. The molecular formula is C9H17NO2. The first-order chi connectivity index (χ1) is 5.72. The highest BCUT2D eigenvalue weighted by molar-refractivity contribution is 5.70. The zero-order valence-electron chi connectivity index (χ0n) is 7.85. The zero-order chi connectivity index (χ0) is 9.03. The summed E-state index contributed by atoms with van der Waals surface area (Å²) in [6.07, 6.45) is 3.92. The van der Waals surface area contributed by atoms with Crippen molar-refractivity contribution in [3.05, 3.63) is 0 Å². The van der Waals surface area contributed by atoms with Crippen LogP contribution in [-0.2, 0) is 4.74 Å². The van der Waals surface area contributed by atoms with Gasteiger partial charge in [0.05, 0.1) is 6.54 Å². The van der Waals surface area contributed by atoms with E-state index in [0.29, 0.717) is 6.54 Å². The third kappa shape index (κ3) is 1.90. The quantitative estimate of drug-likeness (QED) is 0.703. The predicted molar refractivity (Wildman–Crippen MR) is 47.0 cm³/mol. The summed E-state index contributed by atoms with van der Waals surface area (Å²) in [5.74, 6) is 0. The molecule has 1 fully saturated rings. The number of carbonyl (C=O) groups is 1. The minimum absolute atomic E-state index is 0.201. The molecule has 3 heteroatoms. The second-order valence-corrected chi connectivity index (χ2v) is 3.38. The molecule has 12 heavy (non-hydrogen) atoms. The van der Waals surface area contributed by atoms with Gasteiger partial charge in [0.1, 0.15) is 5.60 Å². The highest BCUT2D eigenvalue weighted by atomic mass is 16.6. The average molecular weight is 171 g/mol. The third-order valence-electron chi connectivity index (χ3n) is 2.49. The van der Waals surface area contributed by atoms with E-state index in [4.69, 9.17) is 4.74 Å². The van der Waals surface area contributed by atoms with Gasteiger partial charge >= 0.3 is 6.09 Å². The molecule has 0 saturated carbocycles. The van der Waals surface area contributed by atoms with Gasteiger partial charge in [0.25, 0.3) is 0 Å². The molecule has 1 saturated heterocycles. The first-order valence-corrected chi connectivity index (χ1v) is 4.69. The molecular weight excluding hydrogens is 154 g/mol. The van der Waals surface area contributed by atoms with Gasteiger partial charge in [0, 0.05) is 0 Å². The summed E-state index contributed by atoms with van der Waals surface area (Å²) in [6, 6.07) is 0. The van der Waals surface area contributed by atoms with Crippen LogP contribution in [-0.4, -0.2) is 18.2 Å². The van der Waals surface area contributed by atoms with E-state index in [2.05, 4.69) is 19.2 Å². The van der Waals surface area contributed by atoms with Gasteiger partial charge in [-0.25, -0.2) is 4.79 Å². The maximum absolute atomic E-state index is 10.8. The fraction of sp³-hybridized carbons (Fsp3) is 0.889. The van der Waals surface area contributed by atoms with Crippen molar-refractivity contribution < 1.29 is 9.53 Å². The SMILES string of the molecule is CCCCC1(CC)CNC(=O)O1. The average Bonchev–Trinajstić information content (AvgIpc) is 2.45. The first kappa shape index (κ1) is 9.36. The molecule has 1 rings (SSSR count). The van der Waals surface area contributed by atoms with Gasteiger partial charge in [-0.3, -0.25) is 0 Å². The molecule has 0 aromatic heterocycles. The van der Waals surface area contributed by atoms with Crippen LogP contribution in [0.25, 0.3) is 0 Å². The third-order valence-corrected chi connectivity index (χ3v) is 2.49. The summed E-state index contributed by atoms with van der Waals surface area (Å²) in [5, 5.41) is 2.71. The number of hydrogen-bond acceptors (Lipinski definition) is 2. The van der Waals surface area contributed by atoms with E-state index in [9.17, 15) is 4.79 Å². The van der Waals surface area contributed by atoms with Gasteiger partial charge in [-0.2, -0.15) is 0 Å². The fourth-order valence-electron chi connectivity index (χ4n) is 1.51. The number of alkyl carbamates (subject to hydrolysis) is 1. The second-order valence-electron chi connectivity index (χ2n) is 3.38. The van der Waals surface area contributed by atoms with E-state index < -0.39 is 0 Å². The lowest BCUT2D eigenvalue weighted by Crippen LogP contribution is -2.32. The van der Waals surface area contributed by atoms with Crippen LogP contribution in [0.15, 0.2) is 0 Å². The lowest BCUT2D eigenvalue weighted by atomic mass is 9.94. The van der Waals surface area contributed by atoms with Crippen molar-refractivity contribution in [3.63, 3.8) is 0 Å². The number of amides is 1. The summed E-state index contributed by atoms with van der Waals surface area (Å²) >= 11 is 0. The molecule has 0 aliphatic carbocycles. The summed E-state index contributed by atoms with van der Waals surface area (Å²) in [4.78, 5) is 10.8. The molecule has 70 valence electrons. The molecule has 1 amide bonds. The van der Waals surface area contributed by atoms with E-state index in [1.165, 1.54) is 0 Å². The molecule has 1 unspecified atom stereocenters. The van der Waals surface area contributed by atoms with Crippen LogP contribution >= 0.6 is 0 Å². The van der Waals surface area contributed by atoms with Crippen LogP contribution in [0, 0.1) is 0 Å². The Hall–Kier alpha value is -0.730. The van der Waals surface area contributed by atoms with Crippen molar-refractivity contribution in [1.29, 1.82) is 0 Å². The number of nitrogens with one attached hydrogen (secondary N) is 1. The molecule has 1 atom stereocenters. The minimum Gasteiger partial charge on any atom is -0.441 e. The Morgan fingerprint density at radius 2 is 2.33 bits per heavy atom. The Balaban J connectivity index is 2.46. The summed E-state index contributed by atoms with van der Waals surface area (Å²) in [6.45, 7) is 4.89. The smallest absolute Gasteiger partial charge is 0.407 e. The summed E-state index contributed by atoms with van der Waals surface area (Å²) in [5.41, 5.74) is -0.201. The van der Waals surface area contributed by atoms with Crippen LogP contribution in [0.2, 0.25) is 0 Å². The minimum atomic E-state index is -0.257. The Morgan fingerprint density at radius 1 is 1.58 bits per heavy atom. The van der Waals surface area contributed by atoms with Crippen LogP contribution in [0.4, 0.5) is 4.79 Å². The number of rotatable bonds is 4. The highest BCUT2D eigenvalue weighted by Gasteiger charge is 2.37. The molecule has 1 heterocycles. The lowest BCUT2D eigenvalue weighted by Gasteiger charge is -2.24. The normalized spacial score (nSPS) is 28.3. The molecule has 0 aromatic carbocycles. The standard InChI is InChI=1S/C9H17NO2/c1-3-5-6-9(4-2)7-10-8(11)12-9/h3-7H2,1-2H3,(H,10,11). The second kappa shape index (κ2) is 3.78. The molecule has 0 aromatic rings. The van der Waals surface area contributed by atoms with Crippen molar-refractivity contribution in [3.8, 4) is 0 Å². The summed E-state index contributed by atoms with van der Waals surface area (Å²) in [7, 11) is 0. The van der Waals surface area contributed by atoms with Crippen LogP contribution in [0.1, 0.15) is 39.5 Å². The molecule has 3 nitrogen and oxygen atoms in total. The topological polar surface area (TPSA) is 38.3 Å². The molecule has 0 spiro atoms. The van der Waals surface area contributed by atoms with Crippen molar-refractivity contribution in [1.82, 2.24) is 5.32 Å². The number of hydrogen-bond donors (Lipinski definition) is 1. The van der Waals surface area contributed by atoms with Crippen molar-refractivity contribution >= 4 is 6.09 Å². The summed E-state index contributed by atoms with van der Waals surface area (Å²) < 4.78 is 5.25.